The molecule has 2 amide bonds. The second kappa shape index (κ2) is 6.72. The van der Waals surface area contributed by atoms with Crippen LogP contribution < -0.4 is 11.2 Å². The van der Waals surface area contributed by atoms with Crippen molar-refractivity contribution in [2.24, 2.45) is 10.8 Å². The Morgan fingerprint density at radius 2 is 2.20 bits per heavy atom. The van der Waals surface area contributed by atoms with Crippen LogP contribution in [0.2, 0.25) is 0 Å². The number of halogens is 1. The lowest BCUT2D eigenvalue weighted by atomic mass is 9.86. The maximum absolute atomic E-state index is 10.7. The number of nitrogens with two attached hydrogens (primary N) is 1. The molecule has 5 nitrogen and oxygen atoms in total. The Hall–Kier alpha value is -1.59. The lowest BCUT2D eigenvalue weighted by Gasteiger charge is -2.28. The molecule has 108 valence electrons. The highest BCUT2D eigenvalue weighted by Gasteiger charge is 2.39. The van der Waals surface area contributed by atoms with Crippen molar-refractivity contribution in [3.05, 3.63) is 35.9 Å². The molecule has 20 heavy (non-hydrogen) atoms. The maximum atomic E-state index is 10.7. The van der Waals surface area contributed by atoms with Crippen LogP contribution in [0.5, 0.6) is 0 Å². The van der Waals surface area contributed by atoms with E-state index in [0.717, 1.165) is 24.1 Å². The first kappa shape index (κ1) is 14.8. The second-order valence-electron chi connectivity index (χ2n) is 4.77. The standard InChI is InChI=1S/C14H18ClN3O2/c15-8-4-7-14(11-5-2-1-3-6-11)9-12(10-20-14)17-18-13(16)19/h1-3,5-6H,4,7-10H2,(H3,16,18,19)/b17-12+/t14-/m0/s1. The molecule has 0 unspecified atom stereocenters. The molecule has 0 saturated carbocycles. The highest BCUT2D eigenvalue weighted by Crippen LogP contribution is 2.39. The molecule has 0 aromatic heterocycles. The van der Waals surface area contributed by atoms with Gasteiger partial charge in [0.15, 0.2) is 0 Å². The molecule has 1 heterocycles. The lowest BCUT2D eigenvalue weighted by molar-refractivity contribution is -0.00660. The van der Waals surface area contributed by atoms with Gasteiger partial charge in [-0.2, -0.15) is 5.10 Å². The molecule has 1 aliphatic heterocycles. The number of nitrogens with zero attached hydrogens (tertiary/aromatic N) is 1. The Morgan fingerprint density at radius 1 is 1.45 bits per heavy atom. The maximum Gasteiger partial charge on any atom is 0.332 e. The predicted octanol–water partition coefficient (Wildman–Crippen LogP) is 2.35. The molecular weight excluding hydrogens is 278 g/mol. The summed E-state index contributed by atoms with van der Waals surface area (Å²) in [6.45, 7) is 0.386. The second-order valence-corrected chi connectivity index (χ2v) is 5.15. The van der Waals surface area contributed by atoms with Gasteiger partial charge in [0.25, 0.3) is 0 Å². The zero-order valence-electron chi connectivity index (χ0n) is 11.1. The van der Waals surface area contributed by atoms with Gasteiger partial charge in [-0.1, -0.05) is 30.3 Å². The quantitative estimate of drug-likeness (QED) is 0.646. The van der Waals surface area contributed by atoms with Gasteiger partial charge >= 0.3 is 6.03 Å². The Kier molecular flexibility index (Phi) is 4.98. The van der Waals surface area contributed by atoms with E-state index in [4.69, 9.17) is 22.1 Å². The van der Waals surface area contributed by atoms with Crippen molar-refractivity contribution in [2.75, 3.05) is 12.5 Å². The van der Waals surface area contributed by atoms with Gasteiger partial charge in [-0.15, -0.1) is 11.6 Å². The third-order valence-electron chi connectivity index (χ3n) is 3.34. The first-order chi connectivity index (χ1) is 9.66. The highest BCUT2D eigenvalue weighted by molar-refractivity contribution is 6.17. The van der Waals surface area contributed by atoms with E-state index in [-0.39, 0.29) is 0 Å². The minimum absolute atomic E-state index is 0.386. The normalized spacial score (nSPS) is 23.9. The zero-order valence-corrected chi connectivity index (χ0v) is 11.9. The summed E-state index contributed by atoms with van der Waals surface area (Å²) in [5.41, 5.74) is 8.74. The topological polar surface area (TPSA) is 76.7 Å². The summed E-state index contributed by atoms with van der Waals surface area (Å²) in [5, 5.41) is 3.99. The SMILES string of the molecule is NC(=O)N/N=C1/CO[C@](CCCCl)(c2ccccc2)C1. The van der Waals surface area contributed by atoms with Crippen LogP contribution in [0.1, 0.15) is 24.8 Å². The van der Waals surface area contributed by atoms with Crippen LogP contribution >= 0.6 is 11.6 Å². The van der Waals surface area contributed by atoms with Crippen LogP contribution in [0.25, 0.3) is 0 Å². The first-order valence-corrected chi connectivity index (χ1v) is 7.06. The Labute approximate surface area is 123 Å². The van der Waals surface area contributed by atoms with Crippen molar-refractivity contribution < 1.29 is 9.53 Å². The van der Waals surface area contributed by atoms with Crippen molar-refractivity contribution in [1.29, 1.82) is 0 Å². The van der Waals surface area contributed by atoms with E-state index in [9.17, 15) is 4.79 Å². The van der Waals surface area contributed by atoms with Crippen LogP contribution in [0, 0.1) is 0 Å². The zero-order chi connectivity index (χ0) is 14.4. The van der Waals surface area contributed by atoms with E-state index in [2.05, 4.69) is 10.5 Å². The number of primary amides is 1. The average molecular weight is 296 g/mol. The summed E-state index contributed by atoms with van der Waals surface area (Å²) in [6, 6.07) is 9.35. The van der Waals surface area contributed by atoms with Gasteiger partial charge in [-0.25, -0.2) is 10.2 Å². The van der Waals surface area contributed by atoms with Crippen LogP contribution in [-0.4, -0.2) is 24.2 Å². The minimum Gasteiger partial charge on any atom is -0.364 e. The number of urea groups is 1. The van der Waals surface area contributed by atoms with E-state index >= 15 is 0 Å². The summed E-state index contributed by atoms with van der Waals surface area (Å²) in [4.78, 5) is 10.7. The fourth-order valence-electron chi connectivity index (χ4n) is 2.44. The summed E-state index contributed by atoms with van der Waals surface area (Å²) >= 11 is 5.81. The summed E-state index contributed by atoms with van der Waals surface area (Å²) in [7, 11) is 0. The number of amides is 2. The van der Waals surface area contributed by atoms with E-state index in [1.165, 1.54) is 0 Å². The van der Waals surface area contributed by atoms with E-state index in [1.54, 1.807) is 0 Å². The Bertz CT molecular complexity index is 492. The molecule has 0 spiro atoms. The molecule has 1 saturated heterocycles. The number of hydrazone groups is 1. The third-order valence-corrected chi connectivity index (χ3v) is 3.61. The fourth-order valence-corrected chi connectivity index (χ4v) is 2.58. The monoisotopic (exact) mass is 295 g/mol. The van der Waals surface area contributed by atoms with Gasteiger partial charge in [0.1, 0.15) is 0 Å². The van der Waals surface area contributed by atoms with E-state index in [0.29, 0.717) is 18.9 Å². The van der Waals surface area contributed by atoms with Crippen molar-refractivity contribution in [3.8, 4) is 0 Å². The average Bonchev–Trinajstić information content (AvgIpc) is 2.89. The number of alkyl halides is 1. The molecule has 1 aliphatic rings. The fraction of sp³-hybridized carbons (Fsp3) is 0.429. The van der Waals surface area contributed by atoms with Crippen molar-refractivity contribution in [2.45, 2.75) is 24.9 Å². The number of hydrogen-bond donors (Lipinski definition) is 2. The lowest BCUT2D eigenvalue weighted by Crippen LogP contribution is -2.27. The van der Waals surface area contributed by atoms with Crippen LogP contribution in [0.15, 0.2) is 35.4 Å². The molecule has 1 aromatic carbocycles. The molecule has 3 N–H and O–H groups in total. The van der Waals surface area contributed by atoms with Crippen LogP contribution in [0.4, 0.5) is 4.79 Å². The molecule has 1 aromatic rings. The van der Waals surface area contributed by atoms with Gasteiger partial charge in [0.05, 0.1) is 17.9 Å². The largest absolute Gasteiger partial charge is 0.364 e. The summed E-state index contributed by atoms with van der Waals surface area (Å²) < 4.78 is 5.99. The number of ether oxygens (including phenoxy) is 1. The number of rotatable bonds is 5. The van der Waals surface area contributed by atoms with E-state index < -0.39 is 11.6 Å². The Balaban J connectivity index is 2.18. The van der Waals surface area contributed by atoms with Crippen molar-refractivity contribution >= 4 is 23.3 Å². The van der Waals surface area contributed by atoms with Gasteiger partial charge in [-0.3, -0.25) is 0 Å². The number of hydrogen-bond acceptors (Lipinski definition) is 3. The Morgan fingerprint density at radius 3 is 2.85 bits per heavy atom. The van der Waals surface area contributed by atoms with Crippen molar-refractivity contribution in [1.82, 2.24) is 5.43 Å². The molecule has 0 radical (unpaired) electrons. The molecule has 6 heteroatoms. The minimum atomic E-state index is -0.671. The number of benzene rings is 1. The third kappa shape index (κ3) is 3.49. The number of carbonyl (C=O) groups excluding carboxylic acids is 1. The number of nitrogens with one attached hydrogen (secondary N) is 1. The number of carbonyl (C=O) groups is 1. The van der Waals surface area contributed by atoms with Gasteiger partial charge < -0.3 is 10.5 Å². The molecule has 0 bridgehead atoms. The molecule has 1 atom stereocenters. The van der Waals surface area contributed by atoms with Gasteiger partial charge in [0, 0.05) is 12.3 Å². The van der Waals surface area contributed by atoms with Crippen LogP contribution in [0.3, 0.4) is 0 Å². The molecule has 0 aliphatic carbocycles. The van der Waals surface area contributed by atoms with Crippen LogP contribution in [-0.2, 0) is 10.3 Å². The van der Waals surface area contributed by atoms with Gasteiger partial charge in [0.2, 0.25) is 0 Å². The first-order valence-electron chi connectivity index (χ1n) is 6.52. The van der Waals surface area contributed by atoms with Crippen molar-refractivity contribution in [3.63, 3.8) is 0 Å². The smallest absolute Gasteiger partial charge is 0.332 e. The summed E-state index contributed by atoms with van der Waals surface area (Å²) in [6.07, 6.45) is 2.30. The van der Waals surface area contributed by atoms with E-state index in [1.807, 2.05) is 30.3 Å². The van der Waals surface area contributed by atoms with Gasteiger partial charge in [-0.05, 0) is 18.4 Å². The molecular formula is C14H18ClN3O2. The predicted molar refractivity (Wildman–Crippen MR) is 78.8 cm³/mol. The molecule has 1 fully saturated rings. The highest BCUT2D eigenvalue weighted by atomic mass is 35.5. The molecule has 2 rings (SSSR count). The summed E-state index contributed by atoms with van der Waals surface area (Å²) in [5.74, 6) is 0.587.